The molecule has 74 valence electrons. The lowest BCUT2D eigenvalue weighted by molar-refractivity contribution is 0.139. The van der Waals surface area contributed by atoms with Crippen LogP contribution in [0.5, 0.6) is 5.75 Å². The Kier molecular flexibility index (Phi) is 1.99. The zero-order valence-corrected chi connectivity index (χ0v) is 7.16. The van der Waals surface area contributed by atoms with Crippen LogP contribution in [0.25, 0.3) is 0 Å². The van der Waals surface area contributed by atoms with E-state index < -0.39 is 18.0 Å². The van der Waals surface area contributed by atoms with E-state index >= 15 is 0 Å². The summed E-state index contributed by atoms with van der Waals surface area (Å²) >= 11 is 0. The van der Waals surface area contributed by atoms with Crippen molar-refractivity contribution in [1.29, 1.82) is 0 Å². The highest BCUT2D eigenvalue weighted by molar-refractivity contribution is 5.70. The van der Waals surface area contributed by atoms with Gasteiger partial charge in [-0.05, 0) is 18.2 Å². The number of ether oxygens (including phenoxy) is 1. The van der Waals surface area contributed by atoms with Gasteiger partial charge in [0.1, 0.15) is 17.7 Å². The van der Waals surface area contributed by atoms with E-state index in [0.717, 1.165) is 12.1 Å². The summed E-state index contributed by atoms with van der Waals surface area (Å²) in [6, 6.07) is 3.53. The molecule has 0 radical (unpaired) electrons. The molecule has 1 saturated heterocycles. The lowest BCUT2D eigenvalue weighted by Crippen LogP contribution is -2.12. The van der Waals surface area contributed by atoms with Crippen molar-refractivity contribution in [2.75, 3.05) is 6.54 Å². The minimum Gasteiger partial charge on any atom is -0.508 e. The van der Waals surface area contributed by atoms with E-state index in [1.807, 2.05) is 0 Å². The fraction of sp³-hybridized carbons (Fsp3) is 0.222. The number of aromatic hydroxyl groups is 1. The summed E-state index contributed by atoms with van der Waals surface area (Å²) in [5.74, 6) is -0.548. The highest BCUT2D eigenvalue weighted by atomic mass is 19.1. The van der Waals surface area contributed by atoms with Gasteiger partial charge in [0.05, 0.1) is 6.54 Å². The monoisotopic (exact) mass is 197 g/mol. The molecule has 0 spiro atoms. The molecule has 1 aliphatic heterocycles. The molecular weight excluding hydrogens is 189 g/mol. The van der Waals surface area contributed by atoms with E-state index in [1.165, 1.54) is 6.07 Å². The fourth-order valence-electron chi connectivity index (χ4n) is 1.35. The molecule has 5 heteroatoms. The lowest BCUT2D eigenvalue weighted by atomic mass is 10.1. The highest BCUT2D eigenvalue weighted by Crippen LogP contribution is 2.29. The maximum absolute atomic E-state index is 12.8. The first kappa shape index (κ1) is 8.80. The predicted octanol–water partition coefficient (Wildman–Crippen LogP) is 1.31. The van der Waals surface area contributed by atoms with Crippen LogP contribution in [0, 0.1) is 5.82 Å². The molecule has 2 rings (SSSR count). The van der Waals surface area contributed by atoms with E-state index in [-0.39, 0.29) is 17.9 Å². The van der Waals surface area contributed by atoms with Crippen molar-refractivity contribution in [3.63, 3.8) is 0 Å². The number of alkyl carbamates (subject to hydrolysis) is 1. The Hall–Kier alpha value is -1.78. The summed E-state index contributed by atoms with van der Waals surface area (Å²) in [6.07, 6.45) is -1.17. The van der Waals surface area contributed by atoms with Gasteiger partial charge in [-0.3, -0.25) is 0 Å². The van der Waals surface area contributed by atoms with Crippen molar-refractivity contribution in [2.24, 2.45) is 0 Å². The SMILES string of the molecule is O=C1NCC(c2cc(F)ccc2O)O1. The van der Waals surface area contributed by atoms with Crippen LogP contribution >= 0.6 is 0 Å². The van der Waals surface area contributed by atoms with Gasteiger partial charge in [0.2, 0.25) is 0 Å². The van der Waals surface area contributed by atoms with Crippen molar-refractivity contribution >= 4 is 6.09 Å². The van der Waals surface area contributed by atoms with E-state index in [9.17, 15) is 14.3 Å². The fourth-order valence-corrected chi connectivity index (χ4v) is 1.35. The molecule has 2 N–H and O–H groups in total. The van der Waals surface area contributed by atoms with Crippen molar-refractivity contribution in [1.82, 2.24) is 5.32 Å². The Balaban J connectivity index is 2.31. The zero-order valence-electron chi connectivity index (χ0n) is 7.16. The van der Waals surface area contributed by atoms with Crippen LogP contribution in [-0.2, 0) is 4.74 Å². The van der Waals surface area contributed by atoms with Crippen LogP contribution in [0.4, 0.5) is 9.18 Å². The molecule has 1 aliphatic rings. The number of nitrogens with one attached hydrogen (secondary N) is 1. The van der Waals surface area contributed by atoms with Crippen LogP contribution in [0.2, 0.25) is 0 Å². The molecule has 1 unspecified atom stereocenters. The molecular formula is C9H8FNO3. The van der Waals surface area contributed by atoms with Gasteiger partial charge in [0.15, 0.2) is 0 Å². The molecule has 1 aromatic rings. The largest absolute Gasteiger partial charge is 0.508 e. The molecule has 1 atom stereocenters. The second-order valence-corrected chi connectivity index (χ2v) is 2.98. The molecule has 0 bridgehead atoms. The van der Waals surface area contributed by atoms with Gasteiger partial charge in [-0.1, -0.05) is 0 Å². The first-order chi connectivity index (χ1) is 6.66. The summed E-state index contributed by atoms with van der Waals surface area (Å²) in [5, 5.41) is 11.8. The second kappa shape index (κ2) is 3.17. The molecule has 1 fully saturated rings. The number of rotatable bonds is 1. The number of carbonyl (C=O) groups excluding carboxylic acids is 1. The Bertz CT molecular complexity index is 380. The third-order valence-corrected chi connectivity index (χ3v) is 2.02. The van der Waals surface area contributed by atoms with Crippen molar-refractivity contribution in [3.8, 4) is 5.75 Å². The van der Waals surface area contributed by atoms with Gasteiger partial charge in [0.25, 0.3) is 0 Å². The Morgan fingerprint density at radius 3 is 3.00 bits per heavy atom. The van der Waals surface area contributed by atoms with E-state index in [2.05, 4.69) is 5.32 Å². The first-order valence-corrected chi connectivity index (χ1v) is 4.10. The topological polar surface area (TPSA) is 58.6 Å². The number of phenolic OH excluding ortho intramolecular Hbond substituents is 1. The van der Waals surface area contributed by atoms with E-state index in [4.69, 9.17) is 4.74 Å². The predicted molar refractivity (Wildman–Crippen MR) is 45.3 cm³/mol. The molecule has 1 amide bonds. The highest BCUT2D eigenvalue weighted by Gasteiger charge is 2.26. The van der Waals surface area contributed by atoms with Crippen molar-refractivity contribution in [2.45, 2.75) is 6.10 Å². The number of benzene rings is 1. The zero-order chi connectivity index (χ0) is 10.1. The maximum Gasteiger partial charge on any atom is 0.407 e. The van der Waals surface area contributed by atoms with Gasteiger partial charge in [0, 0.05) is 5.56 Å². The number of halogens is 1. The van der Waals surface area contributed by atoms with Gasteiger partial charge in [-0.25, -0.2) is 9.18 Å². The Labute approximate surface area is 79.3 Å². The smallest absolute Gasteiger partial charge is 0.407 e. The summed E-state index contributed by atoms with van der Waals surface area (Å²) in [7, 11) is 0. The average molecular weight is 197 g/mol. The van der Waals surface area contributed by atoms with Gasteiger partial charge in [-0.15, -0.1) is 0 Å². The third-order valence-electron chi connectivity index (χ3n) is 2.02. The Morgan fingerprint density at radius 2 is 2.36 bits per heavy atom. The molecule has 0 saturated carbocycles. The summed E-state index contributed by atoms with van der Waals surface area (Å²) in [4.78, 5) is 10.7. The Morgan fingerprint density at radius 1 is 1.57 bits per heavy atom. The normalized spacial score (nSPS) is 20.4. The third kappa shape index (κ3) is 1.48. The minimum atomic E-state index is -0.613. The van der Waals surface area contributed by atoms with Crippen LogP contribution in [0.15, 0.2) is 18.2 Å². The lowest BCUT2D eigenvalue weighted by Gasteiger charge is -2.09. The van der Waals surface area contributed by atoms with Crippen LogP contribution < -0.4 is 5.32 Å². The van der Waals surface area contributed by atoms with Crippen LogP contribution in [-0.4, -0.2) is 17.7 Å². The second-order valence-electron chi connectivity index (χ2n) is 2.98. The summed E-state index contributed by atoms with van der Waals surface area (Å²) in [5.41, 5.74) is 0.281. The first-order valence-electron chi connectivity index (χ1n) is 4.10. The number of cyclic esters (lactones) is 1. The van der Waals surface area contributed by atoms with Crippen molar-refractivity contribution < 1.29 is 19.0 Å². The average Bonchev–Trinajstić information content (AvgIpc) is 2.56. The van der Waals surface area contributed by atoms with Crippen molar-refractivity contribution in [3.05, 3.63) is 29.6 Å². The van der Waals surface area contributed by atoms with Gasteiger partial charge in [-0.2, -0.15) is 0 Å². The van der Waals surface area contributed by atoms with E-state index in [1.54, 1.807) is 0 Å². The van der Waals surface area contributed by atoms with Gasteiger partial charge >= 0.3 is 6.09 Å². The molecule has 4 nitrogen and oxygen atoms in total. The van der Waals surface area contributed by atoms with Gasteiger partial charge < -0.3 is 15.2 Å². The standard InChI is InChI=1S/C9H8FNO3/c10-5-1-2-7(12)6(3-5)8-4-11-9(13)14-8/h1-3,8,12H,4H2,(H,11,13). The maximum atomic E-state index is 12.8. The molecule has 0 aliphatic carbocycles. The summed E-state index contributed by atoms with van der Waals surface area (Å²) in [6.45, 7) is 0.246. The number of hydrogen-bond donors (Lipinski definition) is 2. The van der Waals surface area contributed by atoms with E-state index in [0.29, 0.717) is 0 Å². The quantitative estimate of drug-likeness (QED) is 0.713. The molecule has 1 heterocycles. The van der Waals surface area contributed by atoms with Crippen LogP contribution in [0.1, 0.15) is 11.7 Å². The molecule has 1 aromatic carbocycles. The van der Waals surface area contributed by atoms with Crippen LogP contribution in [0.3, 0.4) is 0 Å². The number of phenols is 1. The molecule has 14 heavy (non-hydrogen) atoms. The summed E-state index contributed by atoms with van der Waals surface area (Å²) < 4.78 is 17.6. The number of hydrogen-bond acceptors (Lipinski definition) is 3. The minimum absolute atomic E-state index is 0.0760. The molecule has 0 aromatic heterocycles. The number of carbonyl (C=O) groups is 1. The number of amides is 1.